The molecule has 0 fully saturated rings. The minimum absolute atomic E-state index is 0.0134. The topological polar surface area (TPSA) is 96.5 Å². The van der Waals surface area contributed by atoms with Gasteiger partial charge in [-0.25, -0.2) is 9.37 Å². The van der Waals surface area contributed by atoms with E-state index in [0.717, 1.165) is 28.6 Å². The van der Waals surface area contributed by atoms with E-state index in [0.29, 0.717) is 5.56 Å². The molecule has 0 bridgehead atoms. The molecular formula is C29H23F4N3O4. The number of para-hydroxylation sites is 1. The number of nitrogens with one attached hydrogen (secondary N) is 2. The number of methoxy groups -OCH3 is 1. The van der Waals surface area contributed by atoms with Gasteiger partial charge in [0.1, 0.15) is 5.75 Å². The number of aliphatic hydroxyl groups is 1. The first-order valence-corrected chi connectivity index (χ1v) is 12.2. The zero-order valence-corrected chi connectivity index (χ0v) is 21.1. The molecule has 40 heavy (non-hydrogen) atoms. The van der Waals surface area contributed by atoms with Crippen molar-refractivity contribution >= 4 is 27.7 Å². The first kappa shape index (κ1) is 26.9. The van der Waals surface area contributed by atoms with Crippen molar-refractivity contribution in [2.24, 2.45) is 0 Å². The van der Waals surface area contributed by atoms with Gasteiger partial charge in [0, 0.05) is 28.0 Å². The zero-order chi connectivity index (χ0) is 28.4. The van der Waals surface area contributed by atoms with Gasteiger partial charge in [-0.2, -0.15) is 0 Å². The third-order valence-electron chi connectivity index (χ3n) is 6.40. The Bertz CT molecular complexity index is 1700. The fourth-order valence-electron chi connectivity index (χ4n) is 4.55. The van der Waals surface area contributed by atoms with Gasteiger partial charge in [-0.05, 0) is 60.5 Å². The van der Waals surface area contributed by atoms with Gasteiger partial charge in [-0.3, -0.25) is 4.79 Å². The van der Waals surface area contributed by atoms with Gasteiger partial charge in [0.25, 0.3) is 5.91 Å². The maximum atomic E-state index is 14.4. The number of ether oxygens (including phenoxy) is 2. The van der Waals surface area contributed by atoms with E-state index in [-0.39, 0.29) is 34.3 Å². The van der Waals surface area contributed by atoms with Crippen LogP contribution in [0.5, 0.6) is 11.5 Å². The molecule has 3 aromatic carbocycles. The van der Waals surface area contributed by atoms with Crippen LogP contribution in [0.1, 0.15) is 15.9 Å². The van der Waals surface area contributed by atoms with E-state index in [4.69, 9.17) is 4.74 Å². The Labute approximate surface area is 225 Å². The van der Waals surface area contributed by atoms with Crippen LogP contribution in [-0.4, -0.2) is 47.1 Å². The molecule has 0 radical (unpaired) electrons. The first-order chi connectivity index (χ1) is 19.1. The third-order valence-corrected chi connectivity index (χ3v) is 6.40. The summed E-state index contributed by atoms with van der Waals surface area (Å²) in [5, 5.41) is 13.8. The van der Waals surface area contributed by atoms with Crippen LogP contribution in [0.15, 0.2) is 72.9 Å². The Hall–Kier alpha value is -4.64. The Morgan fingerprint density at radius 3 is 2.60 bits per heavy atom. The van der Waals surface area contributed by atoms with Crippen molar-refractivity contribution in [1.29, 1.82) is 0 Å². The summed E-state index contributed by atoms with van der Waals surface area (Å²) in [6.07, 6.45) is -2.86. The highest BCUT2D eigenvalue weighted by molar-refractivity contribution is 6.07. The number of hydrogen-bond acceptors (Lipinski definition) is 5. The molecule has 3 N–H and O–H groups in total. The molecule has 7 nitrogen and oxygen atoms in total. The van der Waals surface area contributed by atoms with E-state index in [2.05, 4.69) is 20.0 Å². The summed E-state index contributed by atoms with van der Waals surface area (Å²) in [7, 11) is 1.32. The molecule has 2 aromatic heterocycles. The fraction of sp³-hybridized carbons (Fsp3) is 0.172. The van der Waals surface area contributed by atoms with E-state index in [9.17, 15) is 27.5 Å². The van der Waals surface area contributed by atoms with E-state index in [1.165, 1.54) is 31.4 Å². The van der Waals surface area contributed by atoms with Crippen LogP contribution in [0.2, 0.25) is 0 Å². The molecule has 0 saturated heterocycles. The monoisotopic (exact) mass is 553 g/mol. The quantitative estimate of drug-likeness (QED) is 0.212. The predicted octanol–water partition coefficient (Wildman–Crippen LogP) is 5.76. The largest absolute Gasteiger partial charge is 0.573 e. The number of aliphatic hydroxyl groups excluding tert-OH is 1. The molecule has 11 heteroatoms. The number of amides is 1. The fourth-order valence-corrected chi connectivity index (χ4v) is 4.55. The SMILES string of the molecule is COc1ccc(-c2cc(C(=O)N[C@@H](CO)Cc3c[nH]c4ccccc34)c3cc(OC(F)(F)F)ccc3n2)cc1F. The number of nitrogens with zero attached hydrogens (tertiary/aromatic N) is 1. The smallest absolute Gasteiger partial charge is 0.494 e. The molecule has 0 unspecified atom stereocenters. The van der Waals surface area contributed by atoms with Crippen LogP contribution in [-0.2, 0) is 6.42 Å². The maximum Gasteiger partial charge on any atom is 0.573 e. The lowest BCUT2D eigenvalue weighted by Gasteiger charge is -2.18. The number of halogens is 4. The third kappa shape index (κ3) is 5.69. The number of hydrogen-bond donors (Lipinski definition) is 3. The van der Waals surface area contributed by atoms with Gasteiger partial charge in [0.05, 0.1) is 36.5 Å². The summed E-state index contributed by atoms with van der Waals surface area (Å²) in [5.41, 5.74) is 2.45. The number of pyridine rings is 1. The van der Waals surface area contributed by atoms with Crippen LogP contribution in [0.25, 0.3) is 33.1 Å². The molecule has 1 amide bonds. The van der Waals surface area contributed by atoms with Crippen molar-refractivity contribution in [3.63, 3.8) is 0 Å². The van der Waals surface area contributed by atoms with Crippen LogP contribution >= 0.6 is 0 Å². The summed E-state index contributed by atoms with van der Waals surface area (Å²) >= 11 is 0. The van der Waals surface area contributed by atoms with Crippen molar-refractivity contribution in [2.75, 3.05) is 13.7 Å². The van der Waals surface area contributed by atoms with E-state index >= 15 is 0 Å². The minimum Gasteiger partial charge on any atom is -0.494 e. The number of aromatic amines is 1. The average Bonchev–Trinajstić information content (AvgIpc) is 3.33. The summed E-state index contributed by atoms with van der Waals surface area (Å²) < 4.78 is 62.2. The molecule has 0 aliphatic carbocycles. The molecule has 1 atom stereocenters. The first-order valence-electron chi connectivity index (χ1n) is 12.2. The normalized spacial score (nSPS) is 12.4. The van der Waals surface area contributed by atoms with Crippen molar-refractivity contribution in [3.05, 3.63) is 89.9 Å². The Morgan fingerprint density at radius 1 is 1.07 bits per heavy atom. The number of rotatable bonds is 8. The molecule has 5 rings (SSSR count). The highest BCUT2D eigenvalue weighted by Crippen LogP contribution is 2.32. The number of fused-ring (bicyclic) bond motifs is 2. The second-order valence-electron chi connectivity index (χ2n) is 9.05. The van der Waals surface area contributed by atoms with Crippen LogP contribution in [0, 0.1) is 5.82 Å². The van der Waals surface area contributed by atoms with Gasteiger partial charge in [0.15, 0.2) is 11.6 Å². The standard InChI is InChI=1S/C29H23F4N3O4/c1-39-27-9-6-16(11-23(27)30)26-13-22(21-12-19(40-29(31,32)33)7-8-25(21)36-26)28(38)35-18(15-37)10-17-14-34-24-5-3-2-4-20(17)24/h2-9,11-14,18,34,37H,10,15H2,1H3,(H,35,38)/t18-/m1/s1. The lowest BCUT2D eigenvalue weighted by molar-refractivity contribution is -0.274. The van der Waals surface area contributed by atoms with Crippen molar-refractivity contribution < 1.29 is 36.9 Å². The van der Waals surface area contributed by atoms with Crippen LogP contribution < -0.4 is 14.8 Å². The predicted molar refractivity (Wildman–Crippen MR) is 141 cm³/mol. The molecule has 206 valence electrons. The number of carbonyl (C=O) groups is 1. The summed E-state index contributed by atoms with van der Waals surface area (Å²) in [5.74, 6) is -1.83. The molecule has 5 aromatic rings. The molecule has 2 heterocycles. The zero-order valence-electron chi connectivity index (χ0n) is 21.1. The summed E-state index contributed by atoms with van der Waals surface area (Å²) in [6.45, 7) is -0.396. The Kier molecular flexibility index (Phi) is 7.31. The minimum atomic E-state index is -4.94. The van der Waals surface area contributed by atoms with Crippen molar-refractivity contribution in [2.45, 2.75) is 18.8 Å². The number of H-pyrrole nitrogens is 1. The Morgan fingerprint density at radius 2 is 1.88 bits per heavy atom. The molecule has 0 saturated carbocycles. The molecule has 0 aliphatic heterocycles. The maximum absolute atomic E-state index is 14.4. The van der Waals surface area contributed by atoms with Crippen LogP contribution in [0.4, 0.5) is 17.6 Å². The average molecular weight is 554 g/mol. The molecule has 0 aliphatic rings. The van der Waals surface area contributed by atoms with E-state index in [1.54, 1.807) is 12.3 Å². The number of aromatic nitrogens is 2. The van der Waals surface area contributed by atoms with E-state index in [1.807, 2.05) is 24.3 Å². The highest BCUT2D eigenvalue weighted by Gasteiger charge is 2.31. The Balaban J connectivity index is 1.54. The van der Waals surface area contributed by atoms with Gasteiger partial charge >= 0.3 is 6.36 Å². The second-order valence-corrected chi connectivity index (χ2v) is 9.05. The number of carbonyl (C=O) groups excluding carboxylic acids is 1. The van der Waals surface area contributed by atoms with Gasteiger partial charge in [-0.15, -0.1) is 13.2 Å². The molecular weight excluding hydrogens is 530 g/mol. The van der Waals surface area contributed by atoms with Gasteiger partial charge in [0.2, 0.25) is 0 Å². The number of alkyl halides is 3. The second kappa shape index (κ2) is 10.9. The summed E-state index contributed by atoms with van der Waals surface area (Å²) in [6, 6.07) is 15.8. The lowest BCUT2D eigenvalue weighted by Crippen LogP contribution is -2.39. The summed E-state index contributed by atoms with van der Waals surface area (Å²) in [4.78, 5) is 21.1. The van der Waals surface area contributed by atoms with Gasteiger partial charge < -0.3 is 24.9 Å². The van der Waals surface area contributed by atoms with E-state index < -0.39 is 36.5 Å². The van der Waals surface area contributed by atoms with Crippen LogP contribution in [0.3, 0.4) is 0 Å². The van der Waals surface area contributed by atoms with Crippen molar-refractivity contribution in [3.8, 4) is 22.8 Å². The highest BCUT2D eigenvalue weighted by atomic mass is 19.4. The number of benzene rings is 3. The molecule has 0 spiro atoms. The van der Waals surface area contributed by atoms with Gasteiger partial charge in [-0.1, -0.05) is 18.2 Å². The van der Waals surface area contributed by atoms with Crippen molar-refractivity contribution in [1.82, 2.24) is 15.3 Å². The lowest BCUT2D eigenvalue weighted by atomic mass is 10.0.